The summed E-state index contributed by atoms with van der Waals surface area (Å²) in [5.74, 6) is -0.821. The van der Waals surface area contributed by atoms with Gasteiger partial charge in [0.2, 0.25) is 5.91 Å². The van der Waals surface area contributed by atoms with Crippen molar-refractivity contribution in [3.05, 3.63) is 94.8 Å². The third kappa shape index (κ3) is 4.70. The Bertz CT molecular complexity index is 1340. The van der Waals surface area contributed by atoms with Gasteiger partial charge < -0.3 is 10.4 Å². The highest BCUT2D eigenvalue weighted by atomic mass is 32.2. The van der Waals surface area contributed by atoms with Crippen molar-refractivity contribution in [2.45, 2.75) is 11.6 Å². The molecule has 0 saturated heterocycles. The van der Waals surface area contributed by atoms with E-state index in [1.807, 2.05) is 36.4 Å². The second-order valence-electron chi connectivity index (χ2n) is 6.92. The van der Waals surface area contributed by atoms with Gasteiger partial charge in [-0.15, -0.1) is 0 Å². The zero-order chi connectivity index (χ0) is 22.5. The number of carbonyl (C=O) groups is 2. The van der Waals surface area contributed by atoms with E-state index in [1.165, 1.54) is 23.9 Å². The van der Waals surface area contributed by atoms with Crippen LogP contribution in [0.2, 0.25) is 0 Å². The molecule has 0 saturated carbocycles. The molecule has 1 amide bonds. The summed E-state index contributed by atoms with van der Waals surface area (Å²) < 4.78 is 1.57. The number of hydrogen-bond acceptors (Lipinski definition) is 5. The molecule has 0 aliphatic rings. The zero-order valence-corrected chi connectivity index (χ0v) is 17.7. The van der Waals surface area contributed by atoms with Gasteiger partial charge in [0, 0.05) is 17.9 Å². The number of benzene rings is 3. The quantitative estimate of drug-likeness (QED) is 0.327. The molecule has 1 aromatic heterocycles. The van der Waals surface area contributed by atoms with Crippen LogP contribution in [-0.2, 0) is 4.79 Å². The minimum absolute atomic E-state index is 0.153. The fraction of sp³-hybridized carbons (Fsp3) is 0.0833. The summed E-state index contributed by atoms with van der Waals surface area (Å²) in [7, 11) is 0. The lowest BCUT2D eigenvalue weighted by atomic mass is 10.2. The Balaban J connectivity index is 1.51. The number of rotatable bonds is 7. The zero-order valence-electron chi connectivity index (χ0n) is 16.9. The van der Waals surface area contributed by atoms with Gasteiger partial charge in [0.05, 0.1) is 22.2 Å². The molecule has 4 rings (SSSR count). The number of aromatic nitrogens is 2. The monoisotopic (exact) mass is 445 g/mol. The molecule has 0 bridgehead atoms. The Morgan fingerprint density at radius 2 is 1.62 bits per heavy atom. The fourth-order valence-electron chi connectivity index (χ4n) is 3.17. The first kappa shape index (κ1) is 21.3. The summed E-state index contributed by atoms with van der Waals surface area (Å²) in [6.07, 6.45) is 0.197. The number of carboxylic acid groups (broad SMARTS) is 1. The van der Waals surface area contributed by atoms with Crippen LogP contribution >= 0.6 is 11.8 Å². The van der Waals surface area contributed by atoms with Crippen molar-refractivity contribution in [1.29, 1.82) is 0 Å². The molecule has 32 heavy (non-hydrogen) atoms. The van der Waals surface area contributed by atoms with Crippen LogP contribution in [0, 0.1) is 0 Å². The van der Waals surface area contributed by atoms with E-state index >= 15 is 0 Å². The van der Waals surface area contributed by atoms with Gasteiger partial charge in [-0.05, 0) is 48.5 Å². The predicted octanol–water partition coefficient (Wildman–Crippen LogP) is 4.20. The number of fused-ring (bicyclic) bond motifs is 1. The summed E-state index contributed by atoms with van der Waals surface area (Å²) in [5, 5.41) is 12.7. The van der Waals surface area contributed by atoms with E-state index in [2.05, 4.69) is 10.3 Å². The van der Waals surface area contributed by atoms with Gasteiger partial charge in [-0.1, -0.05) is 42.1 Å². The summed E-state index contributed by atoms with van der Waals surface area (Å²) in [6, 6.07) is 22.4. The van der Waals surface area contributed by atoms with E-state index in [-0.39, 0.29) is 23.5 Å². The number of carbonyl (C=O) groups excluding carboxylic acids is 1. The lowest BCUT2D eigenvalue weighted by Crippen LogP contribution is -2.22. The van der Waals surface area contributed by atoms with E-state index < -0.39 is 5.97 Å². The first-order valence-electron chi connectivity index (χ1n) is 9.86. The van der Waals surface area contributed by atoms with Crippen molar-refractivity contribution in [1.82, 2.24) is 9.55 Å². The third-order valence-electron chi connectivity index (χ3n) is 4.74. The second kappa shape index (κ2) is 9.49. The lowest BCUT2D eigenvalue weighted by molar-refractivity contribution is -0.115. The highest BCUT2D eigenvalue weighted by Gasteiger charge is 2.14. The van der Waals surface area contributed by atoms with Gasteiger partial charge in [0.25, 0.3) is 5.56 Å². The summed E-state index contributed by atoms with van der Waals surface area (Å²) in [5.41, 5.74) is 1.83. The molecular weight excluding hydrogens is 426 g/mol. The Morgan fingerprint density at radius 1 is 0.938 bits per heavy atom. The summed E-state index contributed by atoms with van der Waals surface area (Å²) in [6.45, 7) is 0. The van der Waals surface area contributed by atoms with Crippen LogP contribution < -0.4 is 10.9 Å². The normalized spacial score (nSPS) is 10.8. The number of nitrogens with zero attached hydrogens (tertiary/aromatic N) is 2. The van der Waals surface area contributed by atoms with Crippen LogP contribution in [0.4, 0.5) is 5.69 Å². The molecule has 0 fully saturated rings. The Hall–Kier alpha value is -3.91. The molecular formula is C24H19N3O4S. The molecule has 160 valence electrons. The van der Waals surface area contributed by atoms with Crippen LogP contribution in [0.15, 0.2) is 88.8 Å². The maximum absolute atomic E-state index is 13.2. The van der Waals surface area contributed by atoms with Gasteiger partial charge in [-0.25, -0.2) is 9.78 Å². The number of amides is 1. The van der Waals surface area contributed by atoms with Crippen molar-refractivity contribution in [3.8, 4) is 5.69 Å². The van der Waals surface area contributed by atoms with Crippen molar-refractivity contribution in [3.63, 3.8) is 0 Å². The molecule has 4 aromatic rings. The number of anilines is 1. The van der Waals surface area contributed by atoms with Gasteiger partial charge in [-0.2, -0.15) is 0 Å². The smallest absolute Gasteiger partial charge is 0.335 e. The fourth-order valence-corrected chi connectivity index (χ4v) is 4.12. The van der Waals surface area contributed by atoms with E-state index in [4.69, 9.17) is 5.11 Å². The molecule has 0 radical (unpaired) electrons. The second-order valence-corrected chi connectivity index (χ2v) is 7.98. The van der Waals surface area contributed by atoms with Crippen LogP contribution in [0.1, 0.15) is 16.8 Å². The molecule has 7 nitrogen and oxygen atoms in total. The van der Waals surface area contributed by atoms with Crippen molar-refractivity contribution in [2.24, 2.45) is 0 Å². The number of para-hydroxylation sites is 2. The average molecular weight is 446 g/mol. The van der Waals surface area contributed by atoms with Gasteiger partial charge in [0.1, 0.15) is 0 Å². The predicted molar refractivity (Wildman–Crippen MR) is 125 cm³/mol. The highest BCUT2D eigenvalue weighted by Crippen LogP contribution is 2.22. The molecule has 1 heterocycles. The van der Waals surface area contributed by atoms with Gasteiger partial charge >= 0.3 is 5.97 Å². The molecule has 0 aliphatic carbocycles. The van der Waals surface area contributed by atoms with Crippen LogP contribution in [0.5, 0.6) is 0 Å². The number of carboxylic acids is 1. The van der Waals surface area contributed by atoms with Crippen molar-refractivity contribution < 1.29 is 14.7 Å². The molecule has 0 unspecified atom stereocenters. The first-order chi connectivity index (χ1) is 15.5. The van der Waals surface area contributed by atoms with Crippen molar-refractivity contribution >= 4 is 40.2 Å². The van der Waals surface area contributed by atoms with Crippen molar-refractivity contribution in [2.75, 3.05) is 11.1 Å². The molecule has 0 aliphatic heterocycles. The minimum atomic E-state index is -1.02. The largest absolute Gasteiger partial charge is 0.478 e. The van der Waals surface area contributed by atoms with E-state index in [9.17, 15) is 14.4 Å². The number of nitrogens with one attached hydrogen (secondary N) is 1. The van der Waals surface area contributed by atoms with E-state index in [0.717, 1.165) is 0 Å². The SMILES string of the molecule is O=C(CCSc1nc2ccccc2c(=O)n1-c1ccccc1)Nc1ccc(C(=O)O)cc1. The standard InChI is InChI=1S/C24H19N3O4S/c28-21(25-17-12-10-16(11-13-17)23(30)31)14-15-32-24-26-20-9-5-4-8-19(20)22(29)27(24)18-6-2-1-3-7-18/h1-13H,14-15H2,(H,25,28)(H,30,31). The van der Waals surface area contributed by atoms with E-state index in [0.29, 0.717) is 33.2 Å². The molecule has 2 N–H and O–H groups in total. The lowest BCUT2D eigenvalue weighted by Gasteiger charge is -2.13. The molecule has 0 spiro atoms. The number of hydrogen-bond donors (Lipinski definition) is 2. The summed E-state index contributed by atoms with van der Waals surface area (Å²) >= 11 is 1.33. The van der Waals surface area contributed by atoms with Gasteiger partial charge in [-0.3, -0.25) is 14.2 Å². The Kier molecular flexibility index (Phi) is 6.32. The van der Waals surface area contributed by atoms with Gasteiger partial charge in [0.15, 0.2) is 5.16 Å². The number of thioether (sulfide) groups is 1. The highest BCUT2D eigenvalue weighted by molar-refractivity contribution is 7.99. The Labute approximate surface area is 187 Å². The van der Waals surface area contributed by atoms with Crippen LogP contribution in [0.25, 0.3) is 16.6 Å². The van der Waals surface area contributed by atoms with E-state index in [1.54, 1.807) is 34.9 Å². The molecule has 3 aromatic carbocycles. The maximum Gasteiger partial charge on any atom is 0.335 e. The molecule has 8 heteroatoms. The third-order valence-corrected chi connectivity index (χ3v) is 5.68. The summed E-state index contributed by atoms with van der Waals surface area (Å²) in [4.78, 5) is 41.1. The van der Waals surface area contributed by atoms with Crippen LogP contribution in [0.3, 0.4) is 0 Å². The van der Waals surface area contributed by atoms with Crippen LogP contribution in [-0.4, -0.2) is 32.3 Å². The number of aromatic carboxylic acids is 1. The maximum atomic E-state index is 13.2. The first-order valence-corrected chi connectivity index (χ1v) is 10.8. The molecule has 0 atom stereocenters. The topological polar surface area (TPSA) is 101 Å². The Morgan fingerprint density at radius 3 is 2.34 bits per heavy atom. The minimum Gasteiger partial charge on any atom is -0.478 e. The average Bonchev–Trinajstić information content (AvgIpc) is 2.80.